The molecular weight excluding hydrogens is 397 g/mol. The van der Waals surface area contributed by atoms with Gasteiger partial charge in [-0.15, -0.1) is 0 Å². The van der Waals surface area contributed by atoms with Crippen LogP contribution in [0.3, 0.4) is 0 Å². The highest BCUT2D eigenvalue weighted by atomic mass is 19.1. The van der Waals surface area contributed by atoms with Crippen molar-refractivity contribution in [3.63, 3.8) is 0 Å². The summed E-state index contributed by atoms with van der Waals surface area (Å²) in [6.45, 7) is 11.8. The third-order valence-corrected chi connectivity index (χ3v) is 6.39. The molecule has 0 amide bonds. The lowest BCUT2D eigenvalue weighted by atomic mass is 10.1. The number of Topliss-reactive ketones (excluding diaryl/α,β-unsaturated/α-hetero) is 1. The first-order valence-corrected chi connectivity index (χ1v) is 11.0. The largest absolute Gasteiger partial charge is 0.496 e. The maximum absolute atomic E-state index is 13.6. The van der Waals surface area contributed by atoms with Crippen LogP contribution in [0.25, 0.3) is 0 Å². The molecule has 31 heavy (non-hydrogen) atoms. The topological polar surface area (TPSA) is 49.3 Å². The van der Waals surface area contributed by atoms with Gasteiger partial charge in [0.15, 0.2) is 0 Å². The molecular formula is C24H36FN3O3+2. The molecule has 1 aromatic heterocycles. The maximum Gasteiger partial charge on any atom is 0.218 e. The number of aromatic nitrogens is 1. The number of nitrogens with one attached hydrogen (secondary N) is 2. The van der Waals surface area contributed by atoms with Crippen molar-refractivity contribution in [3.8, 4) is 5.75 Å². The number of halogens is 1. The van der Waals surface area contributed by atoms with Gasteiger partial charge in [-0.3, -0.25) is 4.79 Å². The van der Waals surface area contributed by atoms with Gasteiger partial charge in [0, 0.05) is 24.1 Å². The lowest BCUT2D eigenvalue weighted by molar-refractivity contribution is -1.01. The summed E-state index contributed by atoms with van der Waals surface area (Å²) in [4.78, 5) is 15.8. The quantitative estimate of drug-likeness (QED) is 0.571. The van der Waals surface area contributed by atoms with Crippen LogP contribution in [0.15, 0.2) is 24.3 Å². The summed E-state index contributed by atoms with van der Waals surface area (Å²) in [5, 5.41) is 0. The molecule has 0 unspecified atom stereocenters. The number of carbonyl (C=O) groups is 1. The van der Waals surface area contributed by atoms with E-state index in [0.717, 1.165) is 61.0 Å². The number of hydrogen-bond donors (Lipinski definition) is 2. The average Bonchev–Trinajstić information content (AvgIpc) is 3.04. The Kier molecular flexibility index (Phi) is 7.86. The lowest BCUT2D eigenvalue weighted by Crippen LogP contribution is -3.27. The Morgan fingerprint density at radius 2 is 1.81 bits per heavy atom. The summed E-state index contributed by atoms with van der Waals surface area (Å²) in [5.74, 6) is 0.702. The van der Waals surface area contributed by atoms with E-state index >= 15 is 0 Å². The molecule has 1 aromatic carbocycles. The van der Waals surface area contributed by atoms with Crippen LogP contribution < -0.4 is 14.5 Å². The summed E-state index contributed by atoms with van der Waals surface area (Å²) in [7, 11) is 3.32. The Bertz CT molecular complexity index is 904. The SMILES string of the molecule is COC[C@H](C)n1c(C)cc(C(=O)C[NH+]2CC[NH+](Cc3cc(F)ccc3OC)CC2)c1C. The second kappa shape index (κ2) is 10.4. The monoisotopic (exact) mass is 433 g/mol. The van der Waals surface area contributed by atoms with Crippen molar-refractivity contribution in [3.05, 3.63) is 52.6 Å². The molecule has 170 valence electrons. The molecule has 1 saturated heterocycles. The number of piperazine rings is 1. The minimum absolute atomic E-state index is 0.200. The van der Waals surface area contributed by atoms with Crippen molar-refractivity contribution in [2.24, 2.45) is 0 Å². The van der Waals surface area contributed by atoms with E-state index in [1.165, 1.54) is 15.9 Å². The minimum Gasteiger partial charge on any atom is -0.496 e. The maximum atomic E-state index is 13.6. The van der Waals surface area contributed by atoms with E-state index < -0.39 is 0 Å². The third kappa shape index (κ3) is 5.53. The van der Waals surface area contributed by atoms with Crippen molar-refractivity contribution in [2.75, 3.05) is 53.6 Å². The van der Waals surface area contributed by atoms with Gasteiger partial charge < -0.3 is 23.8 Å². The molecule has 0 spiro atoms. The summed E-state index contributed by atoms with van der Waals surface area (Å²) in [6.07, 6.45) is 0. The fourth-order valence-corrected chi connectivity index (χ4v) is 4.84. The highest BCUT2D eigenvalue weighted by Crippen LogP contribution is 2.21. The number of hydrogen-bond acceptors (Lipinski definition) is 3. The molecule has 0 aliphatic carbocycles. The molecule has 2 aromatic rings. The highest BCUT2D eigenvalue weighted by Gasteiger charge is 2.28. The van der Waals surface area contributed by atoms with Gasteiger partial charge in [-0.05, 0) is 45.0 Å². The second-order valence-electron chi connectivity index (χ2n) is 8.69. The van der Waals surface area contributed by atoms with Crippen molar-refractivity contribution in [2.45, 2.75) is 33.4 Å². The van der Waals surface area contributed by atoms with Crippen molar-refractivity contribution < 1.29 is 28.5 Å². The number of carbonyl (C=O) groups excluding carboxylic acids is 1. The Morgan fingerprint density at radius 3 is 2.45 bits per heavy atom. The van der Waals surface area contributed by atoms with Gasteiger partial charge >= 0.3 is 0 Å². The first-order chi connectivity index (χ1) is 14.8. The van der Waals surface area contributed by atoms with Crippen molar-refractivity contribution in [1.82, 2.24) is 4.57 Å². The standard InChI is InChI=1S/C24H34FN3O3/c1-17-12-22(19(3)28(17)18(2)16-30-4)23(29)15-27-10-8-26(9-11-27)14-20-13-21(25)6-7-24(20)31-5/h6-7,12-13,18H,8-11,14-16H2,1-5H3/p+2/t18-/m0/s1. The van der Waals surface area contributed by atoms with Gasteiger partial charge in [0.05, 0.1) is 25.3 Å². The molecule has 1 aliphatic rings. The number of nitrogens with zero attached hydrogens (tertiary/aromatic N) is 1. The number of aryl methyl sites for hydroxylation is 1. The molecule has 1 atom stereocenters. The Morgan fingerprint density at radius 1 is 1.13 bits per heavy atom. The molecule has 6 nitrogen and oxygen atoms in total. The molecule has 0 saturated carbocycles. The van der Waals surface area contributed by atoms with Gasteiger partial charge in [-0.25, -0.2) is 4.39 Å². The Balaban J connectivity index is 1.57. The molecule has 0 radical (unpaired) electrons. The van der Waals surface area contributed by atoms with Crippen LogP contribution in [0.2, 0.25) is 0 Å². The van der Waals surface area contributed by atoms with Crippen molar-refractivity contribution in [1.29, 1.82) is 0 Å². The zero-order chi connectivity index (χ0) is 22.5. The van der Waals surface area contributed by atoms with Gasteiger partial charge in [0.2, 0.25) is 5.78 Å². The summed E-state index contributed by atoms with van der Waals surface area (Å²) < 4.78 is 26.5. The third-order valence-electron chi connectivity index (χ3n) is 6.39. The molecule has 0 bridgehead atoms. The van der Waals surface area contributed by atoms with Crippen LogP contribution in [-0.2, 0) is 11.3 Å². The number of ether oxygens (including phenoxy) is 2. The number of rotatable bonds is 9. The molecule has 3 rings (SSSR count). The zero-order valence-electron chi connectivity index (χ0n) is 19.4. The normalized spacial score (nSPS) is 19.9. The van der Waals surface area contributed by atoms with E-state index in [1.54, 1.807) is 26.4 Å². The van der Waals surface area contributed by atoms with Gasteiger partial charge in [0.1, 0.15) is 50.8 Å². The van der Waals surface area contributed by atoms with E-state index in [9.17, 15) is 9.18 Å². The van der Waals surface area contributed by atoms with Crippen LogP contribution in [0.5, 0.6) is 5.75 Å². The highest BCUT2D eigenvalue weighted by molar-refractivity contribution is 5.98. The summed E-state index contributed by atoms with van der Waals surface area (Å²) in [6, 6.07) is 6.90. The number of methoxy groups -OCH3 is 2. The molecule has 7 heteroatoms. The van der Waals surface area contributed by atoms with E-state index in [1.807, 2.05) is 19.9 Å². The lowest BCUT2D eigenvalue weighted by Gasteiger charge is -2.29. The Hall–Kier alpha value is -2.22. The predicted molar refractivity (Wildman–Crippen MR) is 118 cm³/mol. The molecule has 2 N–H and O–H groups in total. The van der Waals surface area contributed by atoms with Crippen LogP contribution in [0, 0.1) is 19.7 Å². The summed E-state index contributed by atoms with van der Waals surface area (Å²) >= 11 is 0. The Labute approximate surface area is 184 Å². The second-order valence-corrected chi connectivity index (χ2v) is 8.69. The smallest absolute Gasteiger partial charge is 0.218 e. The van der Waals surface area contributed by atoms with E-state index in [2.05, 4.69) is 11.5 Å². The number of benzene rings is 1. The first kappa shape index (κ1) is 23.4. The van der Waals surface area contributed by atoms with Crippen molar-refractivity contribution >= 4 is 5.78 Å². The van der Waals surface area contributed by atoms with Gasteiger partial charge in [-0.1, -0.05) is 0 Å². The molecule has 1 fully saturated rings. The van der Waals surface area contributed by atoms with Gasteiger partial charge in [0.25, 0.3) is 0 Å². The van der Waals surface area contributed by atoms with E-state index in [4.69, 9.17) is 9.47 Å². The predicted octanol–water partition coefficient (Wildman–Crippen LogP) is 0.626. The number of quaternary nitrogens is 2. The van der Waals surface area contributed by atoms with Gasteiger partial charge in [-0.2, -0.15) is 0 Å². The van der Waals surface area contributed by atoms with Crippen LogP contribution >= 0.6 is 0 Å². The first-order valence-electron chi connectivity index (χ1n) is 11.0. The van der Waals surface area contributed by atoms with E-state index in [-0.39, 0.29) is 17.6 Å². The van der Waals surface area contributed by atoms with E-state index in [0.29, 0.717) is 13.2 Å². The average molecular weight is 434 g/mol. The van der Waals surface area contributed by atoms with Crippen LogP contribution in [0.1, 0.15) is 40.3 Å². The fraction of sp³-hybridized carbons (Fsp3) is 0.542. The van der Waals surface area contributed by atoms with Crippen LogP contribution in [0.4, 0.5) is 4.39 Å². The number of ketones is 1. The van der Waals surface area contributed by atoms with Crippen LogP contribution in [-0.4, -0.2) is 63.9 Å². The fourth-order valence-electron chi connectivity index (χ4n) is 4.84. The minimum atomic E-state index is -0.234. The molecule has 1 aliphatic heterocycles. The summed E-state index contributed by atoms with van der Waals surface area (Å²) in [5.41, 5.74) is 3.84. The molecule has 2 heterocycles. The zero-order valence-corrected chi connectivity index (χ0v) is 19.4.